The fourth-order valence-electron chi connectivity index (χ4n) is 2.89. The molecule has 2 aromatic carbocycles. The van der Waals surface area contributed by atoms with Crippen molar-refractivity contribution in [2.45, 2.75) is 32.6 Å². The molecule has 0 aliphatic carbocycles. The molecule has 0 amide bonds. The van der Waals surface area contributed by atoms with Crippen molar-refractivity contribution >= 4 is 15.9 Å². The van der Waals surface area contributed by atoms with Gasteiger partial charge in [0.15, 0.2) is 0 Å². The second kappa shape index (κ2) is 10.6. The third-order valence-electron chi connectivity index (χ3n) is 4.47. The second-order valence-electron chi connectivity index (χ2n) is 7.25. The summed E-state index contributed by atoms with van der Waals surface area (Å²) in [7, 11) is 0. The van der Waals surface area contributed by atoms with E-state index in [9.17, 15) is 5.11 Å². The maximum absolute atomic E-state index is 10.3. The standard InChI is InChI=1S/C22H26BrN3O3/c1-15(2)20(22-25-21(26-29-22)17-8-10-18(23)11-9-17)24-12-19(27)14-28-13-16-6-4-3-5-7-16/h3-11,15,19-20,24,27H,12-14H2,1-2H3/t19-,20+/m1/s1. The minimum atomic E-state index is -0.631. The van der Waals surface area contributed by atoms with E-state index in [1.165, 1.54) is 0 Å². The second-order valence-corrected chi connectivity index (χ2v) is 8.16. The molecule has 3 aromatic rings. The van der Waals surface area contributed by atoms with Crippen molar-refractivity contribution in [3.63, 3.8) is 0 Å². The third kappa shape index (κ3) is 6.47. The first-order valence-corrected chi connectivity index (χ1v) is 10.4. The molecule has 0 fully saturated rings. The Bertz CT molecular complexity index is 869. The van der Waals surface area contributed by atoms with Crippen LogP contribution in [0.25, 0.3) is 11.4 Å². The Morgan fingerprint density at radius 2 is 1.83 bits per heavy atom. The van der Waals surface area contributed by atoms with Crippen molar-refractivity contribution in [3.05, 3.63) is 70.5 Å². The van der Waals surface area contributed by atoms with E-state index in [0.29, 0.717) is 24.9 Å². The number of nitrogens with one attached hydrogen (secondary N) is 1. The highest BCUT2D eigenvalue weighted by Gasteiger charge is 2.23. The monoisotopic (exact) mass is 459 g/mol. The summed E-state index contributed by atoms with van der Waals surface area (Å²) >= 11 is 3.42. The van der Waals surface area contributed by atoms with Gasteiger partial charge in [-0.15, -0.1) is 0 Å². The minimum absolute atomic E-state index is 0.157. The summed E-state index contributed by atoms with van der Waals surface area (Å²) in [6.45, 7) is 5.24. The zero-order valence-electron chi connectivity index (χ0n) is 16.6. The van der Waals surface area contributed by atoms with Gasteiger partial charge >= 0.3 is 0 Å². The van der Waals surface area contributed by atoms with Gasteiger partial charge in [0.2, 0.25) is 11.7 Å². The van der Waals surface area contributed by atoms with Crippen LogP contribution >= 0.6 is 15.9 Å². The molecule has 0 aliphatic rings. The van der Waals surface area contributed by atoms with Crippen LogP contribution in [0.3, 0.4) is 0 Å². The predicted molar refractivity (Wildman–Crippen MR) is 115 cm³/mol. The predicted octanol–water partition coefficient (Wildman–Crippen LogP) is 4.36. The van der Waals surface area contributed by atoms with Crippen LogP contribution in [0.15, 0.2) is 63.6 Å². The summed E-state index contributed by atoms with van der Waals surface area (Å²) in [5.41, 5.74) is 1.97. The Balaban J connectivity index is 1.53. The molecule has 2 atom stereocenters. The van der Waals surface area contributed by atoms with Gasteiger partial charge in [0.25, 0.3) is 0 Å². The first-order chi connectivity index (χ1) is 14.0. The highest BCUT2D eigenvalue weighted by atomic mass is 79.9. The smallest absolute Gasteiger partial charge is 0.244 e. The average Bonchev–Trinajstić information content (AvgIpc) is 3.19. The van der Waals surface area contributed by atoms with Gasteiger partial charge in [0, 0.05) is 16.6 Å². The summed E-state index contributed by atoms with van der Waals surface area (Å²) in [6, 6.07) is 17.5. The number of benzene rings is 2. The molecule has 1 heterocycles. The highest BCUT2D eigenvalue weighted by Crippen LogP contribution is 2.24. The number of halogens is 1. The molecule has 2 N–H and O–H groups in total. The number of aromatic nitrogens is 2. The molecule has 0 saturated heterocycles. The molecular formula is C22H26BrN3O3. The van der Waals surface area contributed by atoms with Gasteiger partial charge in [0.1, 0.15) is 0 Å². The number of aliphatic hydroxyl groups is 1. The molecule has 29 heavy (non-hydrogen) atoms. The third-order valence-corrected chi connectivity index (χ3v) is 5.00. The number of hydrogen-bond donors (Lipinski definition) is 2. The fourth-order valence-corrected chi connectivity index (χ4v) is 3.16. The zero-order valence-corrected chi connectivity index (χ0v) is 18.2. The van der Waals surface area contributed by atoms with Crippen LogP contribution in [0.4, 0.5) is 0 Å². The number of nitrogens with zero attached hydrogens (tertiary/aromatic N) is 2. The molecule has 7 heteroatoms. The zero-order chi connectivity index (χ0) is 20.6. The van der Waals surface area contributed by atoms with Gasteiger partial charge in [-0.05, 0) is 35.7 Å². The summed E-state index contributed by atoms with van der Waals surface area (Å²) in [4.78, 5) is 4.54. The SMILES string of the molecule is CC(C)[C@H](NC[C@@H](O)COCc1ccccc1)c1nc(-c2ccc(Br)cc2)no1. The van der Waals surface area contributed by atoms with Crippen molar-refractivity contribution in [3.8, 4) is 11.4 Å². The summed E-state index contributed by atoms with van der Waals surface area (Å²) in [6.07, 6.45) is -0.631. The molecule has 0 radical (unpaired) electrons. The first kappa shape index (κ1) is 21.6. The number of hydrogen-bond acceptors (Lipinski definition) is 6. The summed E-state index contributed by atoms with van der Waals surface area (Å²) in [5, 5.41) is 17.7. The van der Waals surface area contributed by atoms with Gasteiger partial charge in [-0.2, -0.15) is 4.98 Å². The van der Waals surface area contributed by atoms with E-state index in [2.05, 4.69) is 45.2 Å². The van der Waals surface area contributed by atoms with E-state index in [0.717, 1.165) is 15.6 Å². The molecule has 0 unspecified atom stereocenters. The van der Waals surface area contributed by atoms with E-state index in [1.54, 1.807) is 0 Å². The van der Waals surface area contributed by atoms with Crippen LogP contribution in [-0.2, 0) is 11.3 Å². The Labute approximate surface area is 179 Å². The van der Waals surface area contributed by atoms with Crippen molar-refractivity contribution in [2.24, 2.45) is 5.92 Å². The molecule has 0 aliphatic heterocycles. The van der Waals surface area contributed by atoms with E-state index in [4.69, 9.17) is 9.26 Å². The maximum Gasteiger partial charge on any atom is 0.244 e. The van der Waals surface area contributed by atoms with Crippen molar-refractivity contribution < 1.29 is 14.4 Å². The normalized spacial score (nSPS) is 13.6. The van der Waals surface area contributed by atoms with E-state index in [1.807, 2.05) is 54.6 Å². The van der Waals surface area contributed by atoms with Crippen molar-refractivity contribution in [1.29, 1.82) is 0 Å². The van der Waals surface area contributed by atoms with Crippen LogP contribution < -0.4 is 5.32 Å². The summed E-state index contributed by atoms with van der Waals surface area (Å²) < 4.78 is 12.1. The molecule has 0 bridgehead atoms. The molecule has 1 aromatic heterocycles. The van der Waals surface area contributed by atoms with Gasteiger partial charge in [0.05, 0.1) is 25.4 Å². The number of aliphatic hydroxyl groups excluding tert-OH is 1. The Morgan fingerprint density at radius 1 is 1.10 bits per heavy atom. The molecule has 0 saturated carbocycles. The van der Waals surface area contributed by atoms with Crippen molar-refractivity contribution in [2.75, 3.05) is 13.2 Å². The first-order valence-electron chi connectivity index (χ1n) is 9.65. The van der Waals surface area contributed by atoms with Gasteiger partial charge in [-0.25, -0.2) is 0 Å². The molecule has 6 nitrogen and oxygen atoms in total. The van der Waals surface area contributed by atoms with Crippen LogP contribution in [0, 0.1) is 5.92 Å². The molecular weight excluding hydrogens is 434 g/mol. The van der Waals surface area contributed by atoms with Crippen molar-refractivity contribution in [1.82, 2.24) is 15.5 Å². The van der Waals surface area contributed by atoms with E-state index in [-0.39, 0.29) is 18.6 Å². The Kier molecular flexibility index (Phi) is 7.94. The van der Waals surface area contributed by atoms with Crippen LogP contribution in [-0.4, -0.2) is 34.5 Å². The van der Waals surface area contributed by atoms with Crippen LogP contribution in [0.1, 0.15) is 31.3 Å². The highest BCUT2D eigenvalue weighted by molar-refractivity contribution is 9.10. The lowest BCUT2D eigenvalue weighted by atomic mass is 10.0. The Hall–Kier alpha value is -2.06. The fraction of sp³-hybridized carbons (Fsp3) is 0.364. The maximum atomic E-state index is 10.3. The molecule has 0 spiro atoms. The topological polar surface area (TPSA) is 80.4 Å². The Morgan fingerprint density at radius 3 is 2.52 bits per heavy atom. The van der Waals surface area contributed by atoms with E-state index >= 15 is 0 Å². The molecule has 154 valence electrons. The van der Waals surface area contributed by atoms with Gasteiger partial charge < -0.3 is 19.7 Å². The summed E-state index contributed by atoms with van der Waals surface area (Å²) in [5.74, 6) is 1.27. The quantitative estimate of drug-likeness (QED) is 0.468. The largest absolute Gasteiger partial charge is 0.389 e. The van der Waals surface area contributed by atoms with Gasteiger partial charge in [-0.1, -0.05) is 65.3 Å². The lowest BCUT2D eigenvalue weighted by Crippen LogP contribution is -2.35. The lowest BCUT2D eigenvalue weighted by molar-refractivity contribution is 0.0262. The number of ether oxygens (including phenoxy) is 1. The van der Waals surface area contributed by atoms with Gasteiger partial charge in [-0.3, -0.25) is 0 Å². The van der Waals surface area contributed by atoms with Crippen LogP contribution in [0.2, 0.25) is 0 Å². The van der Waals surface area contributed by atoms with Crippen LogP contribution in [0.5, 0.6) is 0 Å². The average molecular weight is 460 g/mol. The lowest BCUT2D eigenvalue weighted by Gasteiger charge is -2.20. The van der Waals surface area contributed by atoms with E-state index < -0.39 is 6.10 Å². The number of rotatable bonds is 10. The molecule has 3 rings (SSSR count). The minimum Gasteiger partial charge on any atom is -0.389 e.